The molecular formula is C15H14ClNOS2. The molecule has 0 amide bonds. The van der Waals surface area contributed by atoms with Gasteiger partial charge in [-0.15, -0.1) is 22.7 Å². The number of thiophene rings is 2. The maximum absolute atomic E-state index is 10.7. The Kier molecular flexibility index (Phi) is 4.10. The summed E-state index contributed by atoms with van der Waals surface area (Å²) < 4.78 is 2.41. The van der Waals surface area contributed by atoms with Gasteiger partial charge in [0, 0.05) is 31.8 Å². The van der Waals surface area contributed by atoms with E-state index in [1.807, 2.05) is 24.3 Å². The van der Waals surface area contributed by atoms with Crippen LogP contribution in [0.25, 0.3) is 9.40 Å². The van der Waals surface area contributed by atoms with E-state index < -0.39 is 6.10 Å². The van der Waals surface area contributed by atoms with Crippen LogP contribution in [0.5, 0.6) is 0 Å². The SMILES string of the molecule is NCC(c1ccccc1Cl)C(O)c1cc2sccc2s1. The van der Waals surface area contributed by atoms with Gasteiger partial charge in [-0.25, -0.2) is 0 Å². The summed E-state index contributed by atoms with van der Waals surface area (Å²) in [7, 11) is 0. The van der Waals surface area contributed by atoms with Crippen LogP contribution in [0.1, 0.15) is 22.5 Å². The highest BCUT2D eigenvalue weighted by Gasteiger charge is 2.25. The smallest absolute Gasteiger partial charge is 0.0963 e. The Morgan fingerprint density at radius 3 is 2.70 bits per heavy atom. The molecule has 0 radical (unpaired) electrons. The maximum Gasteiger partial charge on any atom is 0.0963 e. The van der Waals surface area contributed by atoms with Crippen molar-refractivity contribution in [2.75, 3.05) is 6.54 Å². The molecule has 20 heavy (non-hydrogen) atoms. The van der Waals surface area contributed by atoms with Crippen molar-refractivity contribution in [3.8, 4) is 0 Å². The first-order valence-corrected chi connectivity index (χ1v) is 8.37. The third-order valence-corrected chi connectivity index (χ3v) is 5.90. The molecule has 1 aromatic carbocycles. The summed E-state index contributed by atoms with van der Waals surface area (Å²) in [4.78, 5) is 0.946. The Morgan fingerprint density at radius 2 is 2.00 bits per heavy atom. The molecule has 0 spiro atoms. The van der Waals surface area contributed by atoms with Crippen molar-refractivity contribution < 1.29 is 5.11 Å². The van der Waals surface area contributed by atoms with Crippen LogP contribution in [0.3, 0.4) is 0 Å². The Balaban J connectivity index is 1.96. The lowest BCUT2D eigenvalue weighted by Crippen LogP contribution is -2.19. The highest BCUT2D eigenvalue weighted by Crippen LogP contribution is 2.40. The van der Waals surface area contributed by atoms with E-state index in [4.69, 9.17) is 17.3 Å². The first-order valence-electron chi connectivity index (χ1n) is 6.30. The second kappa shape index (κ2) is 5.84. The fourth-order valence-electron chi connectivity index (χ4n) is 2.33. The second-order valence-electron chi connectivity index (χ2n) is 4.61. The normalized spacial score (nSPS) is 14.6. The van der Waals surface area contributed by atoms with Crippen LogP contribution in [0.2, 0.25) is 5.02 Å². The lowest BCUT2D eigenvalue weighted by Gasteiger charge is -2.21. The van der Waals surface area contributed by atoms with Gasteiger partial charge in [0.25, 0.3) is 0 Å². The van der Waals surface area contributed by atoms with Crippen LogP contribution in [-0.4, -0.2) is 11.7 Å². The minimum absolute atomic E-state index is 0.184. The zero-order valence-corrected chi connectivity index (χ0v) is 13.0. The third-order valence-electron chi connectivity index (χ3n) is 3.39. The summed E-state index contributed by atoms with van der Waals surface area (Å²) in [5.74, 6) is -0.184. The molecule has 2 heterocycles. The number of halogens is 1. The van der Waals surface area contributed by atoms with Crippen LogP contribution in [-0.2, 0) is 0 Å². The Morgan fingerprint density at radius 1 is 1.20 bits per heavy atom. The van der Waals surface area contributed by atoms with E-state index in [1.165, 1.54) is 9.40 Å². The number of benzene rings is 1. The summed E-state index contributed by atoms with van der Waals surface area (Å²) in [5.41, 5.74) is 6.77. The van der Waals surface area contributed by atoms with E-state index in [0.29, 0.717) is 11.6 Å². The number of fused-ring (bicyclic) bond motifs is 1. The van der Waals surface area contributed by atoms with Gasteiger partial charge in [0.05, 0.1) is 6.10 Å². The van der Waals surface area contributed by atoms with E-state index >= 15 is 0 Å². The van der Waals surface area contributed by atoms with Crippen molar-refractivity contribution in [2.24, 2.45) is 5.73 Å². The van der Waals surface area contributed by atoms with Crippen molar-refractivity contribution in [1.29, 1.82) is 0 Å². The number of rotatable bonds is 4. The van der Waals surface area contributed by atoms with Crippen molar-refractivity contribution in [3.05, 3.63) is 57.2 Å². The summed E-state index contributed by atoms with van der Waals surface area (Å²) in [6.45, 7) is 0.358. The van der Waals surface area contributed by atoms with Crippen LogP contribution in [0, 0.1) is 0 Å². The molecule has 104 valence electrons. The monoisotopic (exact) mass is 323 g/mol. The van der Waals surface area contributed by atoms with E-state index in [2.05, 4.69) is 17.5 Å². The van der Waals surface area contributed by atoms with Crippen LogP contribution in [0.15, 0.2) is 41.8 Å². The van der Waals surface area contributed by atoms with E-state index in [-0.39, 0.29) is 5.92 Å². The molecule has 0 aliphatic rings. The molecule has 0 fully saturated rings. The fourth-order valence-corrected chi connectivity index (χ4v) is 4.78. The minimum atomic E-state index is -0.621. The van der Waals surface area contributed by atoms with Crippen molar-refractivity contribution in [3.63, 3.8) is 0 Å². The highest BCUT2D eigenvalue weighted by atomic mass is 35.5. The predicted molar refractivity (Wildman–Crippen MR) is 87.9 cm³/mol. The van der Waals surface area contributed by atoms with Crippen molar-refractivity contribution >= 4 is 43.7 Å². The summed E-state index contributed by atoms with van der Waals surface area (Å²) >= 11 is 9.53. The first kappa shape index (κ1) is 14.0. The molecule has 3 rings (SSSR count). The van der Waals surface area contributed by atoms with Gasteiger partial charge in [0.2, 0.25) is 0 Å². The molecule has 0 aliphatic carbocycles. The number of hydrogen-bond acceptors (Lipinski definition) is 4. The molecule has 3 aromatic rings. The number of hydrogen-bond donors (Lipinski definition) is 2. The average Bonchev–Trinajstić information content (AvgIpc) is 3.02. The second-order valence-corrected chi connectivity index (χ2v) is 7.08. The quantitative estimate of drug-likeness (QED) is 0.748. The predicted octanol–water partition coefficient (Wildman–Crippen LogP) is 4.39. The molecule has 2 unspecified atom stereocenters. The Labute approximate surface area is 130 Å². The molecule has 2 atom stereocenters. The molecule has 0 saturated heterocycles. The third kappa shape index (κ3) is 2.50. The van der Waals surface area contributed by atoms with Crippen molar-refractivity contribution in [1.82, 2.24) is 0 Å². The zero-order chi connectivity index (χ0) is 14.1. The Hall–Kier alpha value is -0.910. The topological polar surface area (TPSA) is 46.2 Å². The van der Waals surface area contributed by atoms with Gasteiger partial charge in [-0.2, -0.15) is 0 Å². The van der Waals surface area contributed by atoms with Gasteiger partial charge in [0.15, 0.2) is 0 Å². The summed E-state index contributed by atoms with van der Waals surface area (Å²) in [6.07, 6.45) is -0.621. The zero-order valence-electron chi connectivity index (χ0n) is 10.6. The lowest BCUT2D eigenvalue weighted by atomic mass is 9.92. The molecule has 3 N–H and O–H groups in total. The molecular weight excluding hydrogens is 310 g/mol. The molecule has 5 heteroatoms. The maximum atomic E-state index is 10.7. The fraction of sp³-hybridized carbons (Fsp3) is 0.200. The largest absolute Gasteiger partial charge is 0.387 e. The number of aliphatic hydroxyl groups excluding tert-OH is 1. The number of aliphatic hydroxyl groups is 1. The molecule has 0 bridgehead atoms. The lowest BCUT2D eigenvalue weighted by molar-refractivity contribution is 0.151. The standard InChI is InChI=1S/C15H14ClNOS2/c16-11-4-2-1-3-9(11)10(8-17)15(18)14-7-13-12(20-14)5-6-19-13/h1-7,10,15,18H,8,17H2. The van der Waals surface area contributed by atoms with Gasteiger partial charge in [0.1, 0.15) is 0 Å². The van der Waals surface area contributed by atoms with Crippen LogP contribution in [0.4, 0.5) is 0 Å². The van der Waals surface area contributed by atoms with Gasteiger partial charge in [-0.1, -0.05) is 29.8 Å². The van der Waals surface area contributed by atoms with Crippen LogP contribution >= 0.6 is 34.3 Å². The first-order chi connectivity index (χ1) is 9.70. The van der Waals surface area contributed by atoms with Gasteiger partial charge in [-0.05, 0) is 29.1 Å². The van der Waals surface area contributed by atoms with Gasteiger partial charge < -0.3 is 10.8 Å². The van der Waals surface area contributed by atoms with Crippen LogP contribution < -0.4 is 5.73 Å². The average molecular weight is 324 g/mol. The highest BCUT2D eigenvalue weighted by molar-refractivity contribution is 7.26. The molecule has 0 saturated carbocycles. The number of nitrogens with two attached hydrogens (primary N) is 1. The molecule has 2 nitrogen and oxygen atoms in total. The van der Waals surface area contributed by atoms with E-state index in [1.54, 1.807) is 22.7 Å². The van der Waals surface area contributed by atoms with Gasteiger partial charge >= 0.3 is 0 Å². The van der Waals surface area contributed by atoms with Gasteiger partial charge in [-0.3, -0.25) is 0 Å². The van der Waals surface area contributed by atoms with E-state index in [0.717, 1.165) is 10.4 Å². The van der Waals surface area contributed by atoms with Crippen molar-refractivity contribution in [2.45, 2.75) is 12.0 Å². The Bertz CT molecular complexity index is 693. The molecule has 2 aromatic heterocycles. The molecule has 0 aliphatic heterocycles. The van der Waals surface area contributed by atoms with E-state index in [9.17, 15) is 5.11 Å². The minimum Gasteiger partial charge on any atom is -0.387 e. The summed E-state index contributed by atoms with van der Waals surface area (Å²) in [5, 5.41) is 13.4. The summed E-state index contributed by atoms with van der Waals surface area (Å²) in [6, 6.07) is 11.7.